The molecule has 68 heavy (non-hydrogen) atoms. The van der Waals surface area contributed by atoms with Gasteiger partial charge >= 0.3 is 0 Å². The summed E-state index contributed by atoms with van der Waals surface area (Å²) in [5.41, 5.74) is 6.75. The molecule has 8 aromatic rings. The predicted octanol–water partition coefficient (Wildman–Crippen LogP) is 10.4. The minimum absolute atomic E-state index is 0.0182. The molecule has 2 aliphatic heterocycles. The van der Waals surface area contributed by atoms with Crippen LogP contribution in [0.2, 0.25) is 0 Å². The van der Waals surface area contributed by atoms with Gasteiger partial charge in [0, 0.05) is 70.2 Å². The van der Waals surface area contributed by atoms with Crippen molar-refractivity contribution in [2.45, 2.75) is 47.7 Å². The van der Waals surface area contributed by atoms with E-state index in [4.69, 9.17) is 9.47 Å². The number of ether oxygens (including phenoxy) is 2. The SMILES string of the molecule is Oc1ccc([C@@H]2c3c(O)cc(O)cc3[C@@H]3c4c(cc(O)cc4[C@@H]2[C@H]2c4cc(O)cc5c4[C@H](c4cc(O)cc(O)c4[C@@H]2c2ccc(O)cc2)[C@H](c2ccc(O)cc2)O5)O[C@@H]3c2ccc(O)cc2)cc1. The highest BCUT2D eigenvalue weighted by Crippen LogP contribution is 2.69. The molecule has 12 nitrogen and oxygen atoms in total. The van der Waals surface area contributed by atoms with Crippen LogP contribution >= 0.6 is 0 Å². The van der Waals surface area contributed by atoms with E-state index in [1.807, 2.05) is 0 Å². The molecular weight excluding hydrogens is 865 g/mol. The Morgan fingerprint density at radius 1 is 0.265 bits per heavy atom. The van der Waals surface area contributed by atoms with Crippen LogP contribution in [0.25, 0.3) is 0 Å². The van der Waals surface area contributed by atoms with Gasteiger partial charge in [-0.15, -0.1) is 0 Å². The average Bonchev–Trinajstić information content (AvgIpc) is 3.81. The van der Waals surface area contributed by atoms with Crippen molar-refractivity contribution in [3.05, 3.63) is 212 Å². The van der Waals surface area contributed by atoms with Crippen molar-refractivity contribution in [1.29, 1.82) is 0 Å². The van der Waals surface area contributed by atoms with Crippen LogP contribution in [0.4, 0.5) is 0 Å². The van der Waals surface area contributed by atoms with E-state index >= 15 is 0 Å². The summed E-state index contributed by atoms with van der Waals surface area (Å²) in [6, 6.07) is 38.4. The van der Waals surface area contributed by atoms with Crippen molar-refractivity contribution in [3.63, 3.8) is 0 Å². The van der Waals surface area contributed by atoms with E-state index in [1.165, 1.54) is 24.3 Å². The third-order valence-corrected chi connectivity index (χ3v) is 14.5. The second-order valence-corrected chi connectivity index (χ2v) is 18.2. The Hall–Kier alpha value is -8.64. The van der Waals surface area contributed by atoms with Crippen LogP contribution in [0.1, 0.15) is 114 Å². The molecule has 338 valence electrons. The molecule has 0 amide bonds. The van der Waals surface area contributed by atoms with Gasteiger partial charge in [0.2, 0.25) is 0 Å². The molecule has 0 fully saturated rings. The van der Waals surface area contributed by atoms with Crippen molar-refractivity contribution in [1.82, 2.24) is 0 Å². The maximum atomic E-state index is 12.5. The van der Waals surface area contributed by atoms with E-state index in [0.717, 1.165) is 0 Å². The fourth-order valence-electron chi connectivity index (χ4n) is 12.0. The highest BCUT2D eigenvalue weighted by atomic mass is 16.5. The van der Waals surface area contributed by atoms with E-state index in [1.54, 1.807) is 121 Å². The topological polar surface area (TPSA) is 221 Å². The van der Waals surface area contributed by atoms with E-state index in [-0.39, 0.29) is 57.5 Å². The molecule has 12 rings (SSSR count). The summed E-state index contributed by atoms with van der Waals surface area (Å²) in [7, 11) is 0. The fraction of sp³-hybridized carbons (Fsp3) is 0.143. The van der Waals surface area contributed by atoms with Gasteiger partial charge in [-0.25, -0.2) is 0 Å². The van der Waals surface area contributed by atoms with Crippen LogP contribution in [-0.4, -0.2) is 51.1 Å². The molecule has 0 spiro atoms. The van der Waals surface area contributed by atoms with E-state index in [0.29, 0.717) is 78.3 Å². The third kappa shape index (κ3) is 6.20. The second-order valence-electron chi connectivity index (χ2n) is 18.2. The first-order chi connectivity index (χ1) is 32.8. The number of phenols is 10. The summed E-state index contributed by atoms with van der Waals surface area (Å²) < 4.78 is 13.7. The second kappa shape index (κ2) is 14.9. The zero-order valence-corrected chi connectivity index (χ0v) is 35.8. The summed E-state index contributed by atoms with van der Waals surface area (Å²) in [5.74, 6) is -5.69. The lowest BCUT2D eigenvalue weighted by Crippen LogP contribution is -2.26. The predicted molar refractivity (Wildman–Crippen MR) is 248 cm³/mol. The lowest BCUT2D eigenvalue weighted by molar-refractivity contribution is 0.221. The molecule has 0 saturated heterocycles. The molecule has 0 radical (unpaired) electrons. The maximum Gasteiger partial charge on any atom is 0.135 e. The molecule has 0 bridgehead atoms. The van der Waals surface area contributed by atoms with E-state index in [2.05, 4.69) is 0 Å². The van der Waals surface area contributed by atoms with Crippen LogP contribution in [0.5, 0.6) is 69.0 Å². The summed E-state index contributed by atoms with van der Waals surface area (Å²) in [4.78, 5) is 0. The summed E-state index contributed by atoms with van der Waals surface area (Å²) in [6.07, 6.45) is -1.62. The Morgan fingerprint density at radius 2 is 0.559 bits per heavy atom. The Balaban J connectivity index is 1.25. The van der Waals surface area contributed by atoms with Crippen molar-refractivity contribution in [2.24, 2.45) is 0 Å². The van der Waals surface area contributed by atoms with Crippen molar-refractivity contribution in [3.8, 4) is 69.0 Å². The van der Waals surface area contributed by atoms with Gasteiger partial charge in [0.25, 0.3) is 0 Å². The number of rotatable bonds is 5. The minimum atomic E-state index is -0.918. The van der Waals surface area contributed by atoms with Gasteiger partial charge in [-0.2, -0.15) is 0 Å². The summed E-state index contributed by atoms with van der Waals surface area (Å²) in [5, 5.41) is 114. The van der Waals surface area contributed by atoms with Gasteiger partial charge in [-0.05, 0) is 117 Å². The average molecular weight is 907 g/mol. The smallest absolute Gasteiger partial charge is 0.135 e. The first-order valence-corrected chi connectivity index (χ1v) is 22.2. The lowest BCUT2D eigenvalue weighted by atomic mass is 9.62. The molecule has 10 N–H and O–H groups in total. The van der Waals surface area contributed by atoms with E-state index < -0.39 is 47.7 Å². The van der Waals surface area contributed by atoms with Crippen LogP contribution in [0.3, 0.4) is 0 Å². The number of fused-ring (bicyclic) bond motifs is 4. The highest BCUT2D eigenvalue weighted by Gasteiger charge is 2.55. The number of hydrogen-bond donors (Lipinski definition) is 10. The molecule has 4 aliphatic rings. The molecule has 2 heterocycles. The molecule has 2 aliphatic carbocycles. The minimum Gasteiger partial charge on any atom is -0.508 e. The molecular formula is C56H42O12. The molecule has 8 atom stereocenters. The van der Waals surface area contributed by atoms with Gasteiger partial charge in [0.15, 0.2) is 0 Å². The molecule has 8 aromatic carbocycles. The maximum absolute atomic E-state index is 12.5. The third-order valence-electron chi connectivity index (χ3n) is 14.5. The Kier molecular flexibility index (Phi) is 8.97. The standard InChI is InChI=1S/C56H42O12/c57-29-9-1-25(2-10-29)45-47-37(17-33(61)21-41(47)65)53-49-39(19-35(63)23-43(49)67-55(53)27-5-13-31(59)14-6-27)51(45)52-40-20-36(64)24-44-50(40)54(56(68-44)28-7-15-32(60)16-8-28)38-18-34(62)22-42(66)48(38)46(52)26-3-11-30(58)12-4-26/h1-24,45-46,51-66H/t45-,46+,51-,52-,53-,54+,55-,56+/m0/s1. The van der Waals surface area contributed by atoms with Crippen molar-refractivity contribution < 1.29 is 60.5 Å². The van der Waals surface area contributed by atoms with E-state index in [9.17, 15) is 51.1 Å². The first kappa shape index (κ1) is 40.8. The van der Waals surface area contributed by atoms with Crippen molar-refractivity contribution >= 4 is 0 Å². The summed E-state index contributed by atoms with van der Waals surface area (Å²) >= 11 is 0. The number of phenolic OH excluding ortho intramolecular Hbond substituents is 10. The van der Waals surface area contributed by atoms with Crippen LogP contribution in [0, 0.1) is 0 Å². The number of benzene rings is 8. The van der Waals surface area contributed by atoms with Gasteiger partial charge < -0.3 is 60.5 Å². The molecule has 0 unspecified atom stereocenters. The van der Waals surface area contributed by atoms with Gasteiger partial charge in [-0.3, -0.25) is 0 Å². The van der Waals surface area contributed by atoms with Gasteiger partial charge in [0.1, 0.15) is 81.2 Å². The van der Waals surface area contributed by atoms with Gasteiger partial charge in [0.05, 0.1) is 11.8 Å². The summed E-state index contributed by atoms with van der Waals surface area (Å²) in [6.45, 7) is 0. The zero-order chi connectivity index (χ0) is 46.9. The monoisotopic (exact) mass is 906 g/mol. The Morgan fingerprint density at radius 3 is 0.897 bits per heavy atom. The van der Waals surface area contributed by atoms with Crippen LogP contribution in [-0.2, 0) is 0 Å². The number of aromatic hydroxyl groups is 10. The zero-order valence-electron chi connectivity index (χ0n) is 35.8. The number of hydrogen-bond acceptors (Lipinski definition) is 12. The quantitative estimate of drug-likeness (QED) is 0.0780. The largest absolute Gasteiger partial charge is 0.508 e. The molecule has 12 heteroatoms. The highest BCUT2D eigenvalue weighted by molar-refractivity contribution is 5.71. The Bertz CT molecular complexity index is 3110. The van der Waals surface area contributed by atoms with Gasteiger partial charge in [-0.1, -0.05) is 48.5 Å². The normalized spacial score (nSPS) is 22.6. The molecule has 0 aromatic heterocycles. The van der Waals surface area contributed by atoms with Crippen LogP contribution < -0.4 is 9.47 Å². The Labute approximate surface area is 388 Å². The fourth-order valence-corrected chi connectivity index (χ4v) is 12.0. The first-order valence-electron chi connectivity index (χ1n) is 22.2. The van der Waals surface area contributed by atoms with Crippen LogP contribution in [0.15, 0.2) is 146 Å². The van der Waals surface area contributed by atoms with Crippen molar-refractivity contribution in [2.75, 3.05) is 0 Å². The molecule has 0 saturated carbocycles. The lowest BCUT2D eigenvalue weighted by Gasteiger charge is -2.40.